The van der Waals surface area contributed by atoms with Crippen molar-refractivity contribution >= 4 is 40.6 Å². The van der Waals surface area contributed by atoms with Gasteiger partial charge in [-0.2, -0.15) is 0 Å². The Morgan fingerprint density at radius 3 is 0.871 bits per heavy atom. The fourth-order valence-electron chi connectivity index (χ4n) is 21.2. The molecule has 0 amide bonds. The van der Waals surface area contributed by atoms with Crippen LogP contribution in [0.2, 0.25) is 0 Å². The maximum absolute atomic E-state index is 5.76. The maximum Gasteiger partial charge on any atom is 0.112 e. The van der Waals surface area contributed by atoms with Crippen LogP contribution in [0.15, 0.2) is 190 Å². The normalized spacial score (nSPS) is 23.8. The number of hydrogen-bond donors (Lipinski definition) is 0. The highest BCUT2D eigenvalue weighted by Gasteiger charge is 2.56. The standard InChI is InChI=1S/C18H27N.C16H23N.C14H19N.C14H27N.C12H23N.C11H21N.C10H18O.C10H18S.C9H17N.C8H14S/c1-12-10-9-11-13(2)16(12)19-15(4)14(3)17(5,6)18(19,7)8;1-12-13(2)17(14-10-8-7-9-11-14)16(5,6)15(12,3)4;1-11-12(2)15(10-14(11,3)4)13-8-6-5-7-9-13;1-10-11(2)15(12(3,4)5)14(8,9)13(10,6)7;1-9-10(2)13(11(3,4)5)8-12(9,6)7;1-8-9(2)12(7)11(5,6)10(8,3)4;2*1-7-8(2)11-10(5,6)9(7,3)4;1-7-8(2)10(5)6-9(7,3)4;1-6-7(2)9-5-8(6,3)4/h9-11H,1-8H3;7-11H,1-6H3;5-9H,10H2,1-4H3;1-9H3;8H2,1-7H3;1-7H3;2*1-6H3;6H2,1-5H3;5H2,1-4H3. The van der Waals surface area contributed by atoms with Crippen LogP contribution in [0, 0.1) is 68.0 Å². The predicted octanol–water partition coefficient (Wildman–Crippen LogP) is 36.6. The van der Waals surface area contributed by atoms with Gasteiger partial charge >= 0.3 is 0 Å². The van der Waals surface area contributed by atoms with Crippen LogP contribution in [0.25, 0.3) is 0 Å². The lowest BCUT2D eigenvalue weighted by Crippen LogP contribution is -2.55. The van der Waals surface area contributed by atoms with Crippen molar-refractivity contribution in [3.8, 4) is 0 Å². The molecule has 10 aliphatic heterocycles. The number of hydrogen-bond acceptors (Lipinski definition) is 10. The number of ether oxygens (including phenoxy) is 1. The van der Waals surface area contributed by atoms with Gasteiger partial charge in [0.15, 0.2) is 0 Å². The Balaban J connectivity index is 0.000000309. The summed E-state index contributed by atoms with van der Waals surface area (Å²) in [4.78, 5) is 20.3. The third-order valence-electron chi connectivity index (χ3n) is 38.0. The van der Waals surface area contributed by atoms with Crippen molar-refractivity contribution < 1.29 is 4.74 Å². The molecule has 0 N–H and O–H groups in total. The first-order valence-corrected chi connectivity index (χ1v) is 52.0. The van der Waals surface area contributed by atoms with Crippen molar-refractivity contribution in [3.63, 3.8) is 0 Å². The highest BCUT2D eigenvalue weighted by Crippen LogP contribution is 2.60. The lowest BCUT2D eigenvalue weighted by Gasteiger charge is -2.50. The van der Waals surface area contributed by atoms with Crippen LogP contribution in [-0.4, -0.2) is 103 Å². The van der Waals surface area contributed by atoms with Crippen molar-refractivity contribution in [2.45, 2.75) is 459 Å². The molecule has 3 aromatic rings. The lowest BCUT2D eigenvalue weighted by molar-refractivity contribution is -0.00761. The second-order valence-corrected chi connectivity index (χ2v) is 54.9. The first-order valence-electron chi connectivity index (χ1n) is 50.2. The molecule has 0 saturated heterocycles. The fraction of sp³-hybridized carbons (Fsp3) is 0.689. The van der Waals surface area contributed by atoms with Crippen molar-refractivity contribution in [2.24, 2.45) is 54.1 Å². The zero-order valence-electron chi connectivity index (χ0n) is 98.2. The van der Waals surface area contributed by atoms with E-state index in [4.69, 9.17) is 4.74 Å². The third kappa shape index (κ3) is 23.2. The number of thioether (sulfide) groups is 2. The zero-order valence-corrected chi connectivity index (χ0v) is 99.8. The van der Waals surface area contributed by atoms with Gasteiger partial charge in [0.2, 0.25) is 0 Å². The number of rotatable bonds is 3. The highest BCUT2D eigenvalue weighted by molar-refractivity contribution is 8.04. The molecule has 8 nitrogen and oxygen atoms in total. The molecule has 0 bridgehead atoms. The second-order valence-electron chi connectivity index (χ2n) is 51.9. The Kier molecular flexibility index (Phi) is 36.4. The molecule has 0 aliphatic carbocycles. The molecular weight excluding hydrogens is 1640 g/mol. The van der Waals surface area contributed by atoms with Crippen molar-refractivity contribution in [3.05, 3.63) is 201 Å². The topological polar surface area (TPSA) is 31.9 Å². The van der Waals surface area contributed by atoms with Crippen LogP contribution in [-0.2, 0) is 4.74 Å². The van der Waals surface area contributed by atoms with Gasteiger partial charge in [0.1, 0.15) is 5.60 Å². The summed E-state index contributed by atoms with van der Waals surface area (Å²) < 4.78 is 6.13. The van der Waals surface area contributed by atoms with Gasteiger partial charge in [-0.3, -0.25) is 0 Å². The molecule has 0 saturated carbocycles. The summed E-state index contributed by atoms with van der Waals surface area (Å²) in [6.07, 6.45) is 0. The molecule has 0 unspecified atom stereocenters. The van der Waals surface area contributed by atoms with Crippen molar-refractivity contribution in [2.75, 3.05) is 54.2 Å². The molecule has 0 fully saturated rings. The van der Waals surface area contributed by atoms with E-state index >= 15 is 0 Å². The minimum atomic E-state index is -0.0405. The number of nitrogens with zero attached hydrogens (tertiary/aromatic N) is 7. The number of aryl methyl sites for hydroxylation is 2. The van der Waals surface area contributed by atoms with E-state index < -0.39 is 0 Å². The molecular formula is C122H207N7OS2. The number of allylic oxidation sites excluding steroid dienone is 12. The monoisotopic (exact) mass is 1850 g/mol. The smallest absolute Gasteiger partial charge is 0.112 e. The number of benzene rings is 3. The number of para-hydroxylation sites is 3. The van der Waals surface area contributed by atoms with Crippen molar-refractivity contribution in [1.29, 1.82) is 0 Å². The van der Waals surface area contributed by atoms with E-state index in [0.717, 1.165) is 18.8 Å². The summed E-state index contributed by atoms with van der Waals surface area (Å²) >= 11 is 4.01. The van der Waals surface area contributed by atoms with E-state index in [9.17, 15) is 0 Å². The van der Waals surface area contributed by atoms with E-state index in [2.05, 4.69) is 536 Å². The first-order chi connectivity index (χ1) is 58.8. The van der Waals surface area contributed by atoms with E-state index in [1.54, 1.807) is 16.7 Å². The van der Waals surface area contributed by atoms with Gasteiger partial charge < -0.3 is 39.0 Å². The average Bonchev–Trinajstić information content (AvgIpc) is 1.56. The highest BCUT2D eigenvalue weighted by atomic mass is 32.2. The lowest BCUT2D eigenvalue weighted by atomic mass is 9.71. The summed E-state index contributed by atoms with van der Waals surface area (Å²) in [5, 5.41) is 0. The van der Waals surface area contributed by atoms with Crippen LogP contribution in [0.3, 0.4) is 0 Å². The molecule has 132 heavy (non-hydrogen) atoms. The molecule has 10 heterocycles. The van der Waals surface area contributed by atoms with Gasteiger partial charge in [0.05, 0.1) is 5.76 Å². The Morgan fingerprint density at radius 2 is 0.667 bits per heavy atom. The Bertz CT molecular complexity index is 4850. The van der Waals surface area contributed by atoms with Crippen LogP contribution >= 0.6 is 23.5 Å². The van der Waals surface area contributed by atoms with Crippen LogP contribution < -0.4 is 14.7 Å². The fourth-order valence-corrected chi connectivity index (χ4v) is 24.1. The number of anilines is 3. The Morgan fingerprint density at radius 1 is 0.295 bits per heavy atom. The minimum absolute atomic E-state index is 0.0405. The van der Waals surface area contributed by atoms with E-state index in [1.807, 2.05) is 30.4 Å². The van der Waals surface area contributed by atoms with E-state index in [-0.39, 0.29) is 60.5 Å². The van der Waals surface area contributed by atoms with Crippen molar-refractivity contribution in [1.82, 2.24) is 19.6 Å². The van der Waals surface area contributed by atoms with Gasteiger partial charge in [0.25, 0.3) is 0 Å². The summed E-state index contributed by atoms with van der Waals surface area (Å²) in [6, 6.07) is 27.9. The Hall–Kier alpha value is -5.84. The summed E-state index contributed by atoms with van der Waals surface area (Å²) in [6.45, 7) is 140. The van der Waals surface area contributed by atoms with Gasteiger partial charge in [-0.1, -0.05) is 204 Å². The summed E-state index contributed by atoms with van der Waals surface area (Å²) in [7, 11) is 4.35. The quantitative estimate of drug-likeness (QED) is 0.253. The van der Waals surface area contributed by atoms with Gasteiger partial charge in [0, 0.05) is 183 Å². The minimum Gasteiger partial charge on any atom is -0.492 e. The molecule has 10 aliphatic rings. The van der Waals surface area contributed by atoms with Gasteiger partial charge in [-0.25, -0.2) is 0 Å². The summed E-state index contributed by atoms with van der Waals surface area (Å²) in [5.41, 5.74) is 36.0. The average molecular weight is 1850 g/mol. The maximum atomic E-state index is 5.76. The molecule has 0 aromatic heterocycles. The van der Waals surface area contributed by atoms with E-state index in [1.165, 1.54) is 129 Å². The molecule has 13 rings (SSSR count). The molecule has 0 atom stereocenters. The predicted molar refractivity (Wildman–Crippen MR) is 597 cm³/mol. The largest absolute Gasteiger partial charge is 0.492 e. The van der Waals surface area contributed by atoms with Crippen LogP contribution in [0.4, 0.5) is 17.1 Å². The summed E-state index contributed by atoms with van der Waals surface area (Å²) in [5.74, 6) is 2.37. The molecule has 3 aromatic carbocycles. The Labute approximate surface area is 827 Å². The van der Waals surface area contributed by atoms with Gasteiger partial charge in [-0.05, 0) is 372 Å². The molecule has 10 heteroatoms. The second kappa shape index (κ2) is 40.5. The van der Waals surface area contributed by atoms with E-state index in [0.29, 0.717) is 37.2 Å². The third-order valence-corrected chi connectivity index (χ3v) is 41.3. The van der Waals surface area contributed by atoms with Crippen LogP contribution in [0.5, 0.6) is 0 Å². The zero-order chi connectivity index (χ0) is 104. The van der Waals surface area contributed by atoms with Crippen LogP contribution in [0.1, 0.15) is 413 Å². The molecule has 0 radical (unpaired) electrons. The van der Waals surface area contributed by atoms with Gasteiger partial charge in [-0.15, -0.1) is 23.5 Å². The molecule has 0 spiro atoms. The molecule has 748 valence electrons. The SMILES string of the molecule is CC1=C(C)C(C)(C)C(C)(C)N1C.CC1=C(C)C(C)(C)C(C)(C)N1C(C)(C)C.CC1=C(C)C(C)(C)C(C)(C)N1c1c(C)cccc1C.CC1=C(C)C(C)(C)C(C)(C)N1c1ccccc1.CC1=C(C)C(C)(C)C(C)(C)O1.CC1=C(C)C(C)(C)C(C)(C)S1.CC1=C(C)C(C)(C)CN1C.CC1=C(C)C(C)(C)CN1C(C)(C)C.CC1=C(C)C(C)(C)CN1c1ccccc1.CC1=C(C)C(C)(C)CS1. The first kappa shape index (κ1) is 118.